The molecule has 162 valence electrons. The highest BCUT2D eigenvalue weighted by Gasteiger charge is 2.24. The highest BCUT2D eigenvalue weighted by atomic mass is 35.5. The summed E-state index contributed by atoms with van der Waals surface area (Å²) >= 11 is 6.29. The number of fused-ring (bicyclic) bond motifs is 1. The van der Waals surface area contributed by atoms with Crippen molar-refractivity contribution >= 4 is 23.3 Å². The molecule has 2 N–H and O–H groups in total. The lowest BCUT2D eigenvalue weighted by Gasteiger charge is -2.14. The van der Waals surface area contributed by atoms with Crippen molar-refractivity contribution in [1.82, 2.24) is 0 Å². The maximum atomic E-state index is 12.6. The van der Waals surface area contributed by atoms with E-state index in [-0.39, 0.29) is 41.5 Å². The topological polar surface area (TPSA) is 88.4 Å². The number of carbonyl (C=O) groups is 1. The molecule has 31 heavy (non-hydrogen) atoms. The van der Waals surface area contributed by atoms with Crippen LogP contribution in [0.25, 0.3) is 0 Å². The molecule has 3 rings (SSSR count). The van der Waals surface area contributed by atoms with Crippen LogP contribution in [0.15, 0.2) is 65.9 Å². The Morgan fingerprint density at radius 1 is 1.03 bits per heavy atom. The Hall–Kier alpha value is -3.25. The van der Waals surface area contributed by atoms with E-state index in [4.69, 9.17) is 21.2 Å². The van der Waals surface area contributed by atoms with Crippen LogP contribution in [0.5, 0.6) is 11.5 Å². The first-order valence-electron chi connectivity index (χ1n) is 10.0. The second-order valence-corrected chi connectivity index (χ2v) is 7.35. The zero-order chi connectivity index (χ0) is 22.1. The standard InChI is InChI=1S/C24H24ClNO5/c25-23-19-14-18(26-31-16-17-10-6-5-7-11-17)12-8-3-1-2-4-9-13-30-24(29)22(19)20(27)15-21(23)28/h2,4-8,10-12,15,27-28H,1,3,9,13-14,16H2/b4-2+,12-8+,26-18?. The van der Waals surface area contributed by atoms with Gasteiger partial charge in [-0.1, -0.05) is 65.3 Å². The number of esters is 1. The molecule has 1 heterocycles. The number of halogens is 1. The van der Waals surface area contributed by atoms with Crippen molar-refractivity contribution in [1.29, 1.82) is 0 Å². The number of ether oxygens (including phenoxy) is 1. The van der Waals surface area contributed by atoms with E-state index in [1.165, 1.54) is 0 Å². The second-order valence-electron chi connectivity index (χ2n) is 6.98. The summed E-state index contributed by atoms with van der Waals surface area (Å²) in [4.78, 5) is 18.1. The van der Waals surface area contributed by atoms with E-state index in [1.807, 2.05) is 48.6 Å². The third-order valence-corrected chi connectivity index (χ3v) is 5.06. The van der Waals surface area contributed by atoms with Crippen LogP contribution in [0.4, 0.5) is 0 Å². The summed E-state index contributed by atoms with van der Waals surface area (Å²) in [6.07, 6.45) is 9.96. The number of hydrogen-bond acceptors (Lipinski definition) is 6. The lowest BCUT2D eigenvalue weighted by atomic mass is 9.99. The van der Waals surface area contributed by atoms with Crippen molar-refractivity contribution < 1.29 is 24.6 Å². The predicted molar refractivity (Wildman–Crippen MR) is 120 cm³/mol. The smallest absolute Gasteiger partial charge is 0.342 e. The normalized spacial score (nSPS) is 18.5. The molecule has 0 amide bonds. The summed E-state index contributed by atoms with van der Waals surface area (Å²) in [6.45, 7) is 0.443. The summed E-state index contributed by atoms with van der Waals surface area (Å²) < 4.78 is 5.28. The van der Waals surface area contributed by atoms with Gasteiger partial charge in [-0.15, -0.1) is 0 Å². The molecule has 0 saturated carbocycles. The summed E-state index contributed by atoms with van der Waals surface area (Å²) in [5, 5.41) is 24.6. The van der Waals surface area contributed by atoms with Gasteiger partial charge in [0.2, 0.25) is 0 Å². The molecule has 2 aromatic rings. The van der Waals surface area contributed by atoms with Crippen molar-refractivity contribution in [2.45, 2.75) is 32.3 Å². The summed E-state index contributed by atoms with van der Waals surface area (Å²) in [5.74, 6) is -1.45. The summed E-state index contributed by atoms with van der Waals surface area (Å²) in [7, 11) is 0. The number of phenolic OH excluding ortho intramolecular Hbond substituents is 2. The predicted octanol–water partition coefficient (Wildman–Crippen LogP) is 5.32. The molecule has 1 aliphatic heterocycles. The molecular formula is C24H24ClNO5. The first-order chi connectivity index (χ1) is 15.1. The molecule has 7 heteroatoms. The quantitative estimate of drug-likeness (QED) is 0.382. The molecule has 0 aromatic heterocycles. The fraction of sp³-hybridized carbons (Fsp3) is 0.250. The van der Waals surface area contributed by atoms with Crippen LogP contribution in [-0.4, -0.2) is 28.5 Å². The Morgan fingerprint density at radius 2 is 1.77 bits per heavy atom. The number of aromatic hydroxyl groups is 2. The number of rotatable bonds is 3. The van der Waals surface area contributed by atoms with Gasteiger partial charge in [-0.2, -0.15) is 0 Å². The molecule has 1 aliphatic rings. The fourth-order valence-electron chi connectivity index (χ4n) is 3.08. The molecule has 0 fully saturated rings. The lowest BCUT2D eigenvalue weighted by molar-refractivity contribution is 0.0507. The SMILES string of the molecule is O=C1OCC/C=C/CC/C=C/C(=NOCc2ccccc2)Cc2c(Cl)c(O)cc(O)c21. The molecule has 0 radical (unpaired) electrons. The number of cyclic esters (lactones) is 1. The first kappa shape index (κ1) is 22.4. The van der Waals surface area contributed by atoms with Gasteiger partial charge in [-0.05, 0) is 36.5 Å². The van der Waals surface area contributed by atoms with Crippen LogP contribution in [-0.2, 0) is 22.6 Å². The van der Waals surface area contributed by atoms with Gasteiger partial charge >= 0.3 is 5.97 Å². The van der Waals surface area contributed by atoms with Crippen LogP contribution < -0.4 is 0 Å². The van der Waals surface area contributed by atoms with Gasteiger partial charge in [0.1, 0.15) is 23.7 Å². The zero-order valence-corrected chi connectivity index (χ0v) is 17.7. The van der Waals surface area contributed by atoms with Crippen molar-refractivity contribution in [3.05, 3.63) is 82.4 Å². The van der Waals surface area contributed by atoms with E-state index in [2.05, 4.69) is 5.16 Å². The Morgan fingerprint density at radius 3 is 2.58 bits per heavy atom. The summed E-state index contributed by atoms with van der Waals surface area (Å²) in [5.41, 5.74) is 1.58. The third-order valence-electron chi connectivity index (χ3n) is 4.63. The number of oxime groups is 1. The van der Waals surface area contributed by atoms with Crippen LogP contribution >= 0.6 is 11.6 Å². The number of phenols is 2. The average Bonchev–Trinajstić information content (AvgIpc) is 2.76. The number of nitrogens with zero attached hydrogens (tertiary/aromatic N) is 1. The van der Waals surface area contributed by atoms with Gasteiger partial charge in [0, 0.05) is 12.5 Å². The Balaban J connectivity index is 1.94. The minimum Gasteiger partial charge on any atom is -0.507 e. The second kappa shape index (κ2) is 11.2. The molecular weight excluding hydrogens is 418 g/mol. The van der Waals surface area contributed by atoms with Gasteiger partial charge in [-0.25, -0.2) is 4.79 Å². The molecule has 0 unspecified atom stereocenters. The lowest BCUT2D eigenvalue weighted by Crippen LogP contribution is -2.13. The van der Waals surface area contributed by atoms with Gasteiger partial charge in [0.25, 0.3) is 0 Å². The van der Waals surface area contributed by atoms with Gasteiger partial charge in [-0.3, -0.25) is 0 Å². The molecule has 6 nitrogen and oxygen atoms in total. The number of allylic oxidation sites excluding steroid dienone is 3. The van der Waals surface area contributed by atoms with E-state index in [0.29, 0.717) is 12.1 Å². The highest BCUT2D eigenvalue weighted by molar-refractivity contribution is 6.33. The highest BCUT2D eigenvalue weighted by Crippen LogP contribution is 2.37. The monoisotopic (exact) mass is 441 g/mol. The van der Waals surface area contributed by atoms with Crippen molar-refractivity contribution in [2.75, 3.05) is 6.61 Å². The van der Waals surface area contributed by atoms with E-state index >= 15 is 0 Å². The molecule has 0 saturated heterocycles. The molecule has 0 atom stereocenters. The minimum absolute atomic E-state index is 0.0408. The third kappa shape index (κ3) is 6.36. The largest absolute Gasteiger partial charge is 0.507 e. The van der Waals surface area contributed by atoms with Crippen LogP contribution in [0, 0.1) is 0 Å². The summed E-state index contributed by atoms with van der Waals surface area (Å²) in [6, 6.07) is 10.6. The van der Waals surface area contributed by atoms with E-state index in [0.717, 1.165) is 24.5 Å². The number of hydrogen-bond donors (Lipinski definition) is 2. The van der Waals surface area contributed by atoms with Crippen molar-refractivity contribution in [2.24, 2.45) is 5.16 Å². The average molecular weight is 442 g/mol. The Bertz CT molecular complexity index is 999. The van der Waals surface area contributed by atoms with Crippen LogP contribution in [0.1, 0.15) is 40.7 Å². The minimum atomic E-state index is -0.714. The van der Waals surface area contributed by atoms with Crippen LogP contribution in [0.3, 0.4) is 0 Å². The fourth-order valence-corrected chi connectivity index (χ4v) is 3.30. The Kier molecular flexibility index (Phi) is 8.12. The molecule has 2 aromatic carbocycles. The van der Waals surface area contributed by atoms with E-state index < -0.39 is 11.7 Å². The van der Waals surface area contributed by atoms with E-state index in [9.17, 15) is 15.0 Å². The maximum absolute atomic E-state index is 12.6. The van der Waals surface area contributed by atoms with Crippen LogP contribution in [0.2, 0.25) is 5.02 Å². The first-order valence-corrected chi connectivity index (χ1v) is 10.4. The van der Waals surface area contributed by atoms with Gasteiger partial charge in [0.05, 0.1) is 17.3 Å². The van der Waals surface area contributed by atoms with Gasteiger partial charge < -0.3 is 19.8 Å². The number of carbonyl (C=O) groups excluding carboxylic acids is 1. The zero-order valence-electron chi connectivity index (χ0n) is 17.0. The van der Waals surface area contributed by atoms with Gasteiger partial charge in [0.15, 0.2) is 0 Å². The van der Waals surface area contributed by atoms with Crippen molar-refractivity contribution in [3.63, 3.8) is 0 Å². The maximum Gasteiger partial charge on any atom is 0.342 e. The van der Waals surface area contributed by atoms with Crippen molar-refractivity contribution in [3.8, 4) is 11.5 Å². The molecule has 0 bridgehead atoms. The molecule has 0 aliphatic carbocycles. The van der Waals surface area contributed by atoms with E-state index in [1.54, 1.807) is 6.08 Å². The Labute approximate surface area is 186 Å². The molecule has 0 spiro atoms. The number of benzene rings is 2.